The van der Waals surface area contributed by atoms with Crippen molar-refractivity contribution in [1.29, 1.82) is 0 Å². The van der Waals surface area contributed by atoms with E-state index in [1.807, 2.05) is 45.0 Å². The van der Waals surface area contributed by atoms with Gasteiger partial charge in [0.15, 0.2) is 5.82 Å². The minimum Gasteiger partial charge on any atom is -0.444 e. The summed E-state index contributed by atoms with van der Waals surface area (Å²) in [6, 6.07) is 7.37. The van der Waals surface area contributed by atoms with Crippen LogP contribution in [0.3, 0.4) is 0 Å². The van der Waals surface area contributed by atoms with Gasteiger partial charge in [0.05, 0.1) is 5.92 Å². The molecule has 1 saturated heterocycles. The van der Waals surface area contributed by atoms with Crippen molar-refractivity contribution in [2.75, 3.05) is 18.4 Å². The topological polar surface area (TPSA) is 102 Å². The largest absolute Gasteiger partial charge is 0.444 e. The number of ether oxygens (including phenoxy) is 1. The zero-order valence-electron chi connectivity index (χ0n) is 16.7. The molecular weight excluding hydrogens is 360 g/mol. The number of tetrazole rings is 1. The summed E-state index contributed by atoms with van der Waals surface area (Å²) < 4.78 is 7.00. The van der Waals surface area contributed by atoms with Gasteiger partial charge in [-0.1, -0.05) is 12.1 Å². The van der Waals surface area contributed by atoms with Crippen molar-refractivity contribution in [1.82, 2.24) is 25.1 Å². The quantitative estimate of drug-likeness (QED) is 0.869. The number of piperidine rings is 1. The smallest absolute Gasteiger partial charge is 0.410 e. The van der Waals surface area contributed by atoms with Crippen molar-refractivity contribution in [3.8, 4) is 11.4 Å². The fraction of sp³-hybridized carbons (Fsp3) is 0.526. The number of amides is 2. The monoisotopic (exact) mass is 386 g/mol. The van der Waals surface area contributed by atoms with Crippen LogP contribution < -0.4 is 5.32 Å². The van der Waals surface area contributed by atoms with Crippen LogP contribution in [0.4, 0.5) is 10.5 Å². The Kier molecular flexibility index (Phi) is 5.62. The Morgan fingerprint density at radius 3 is 2.75 bits per heavy atom. The number of hydrogen-bond acceptors (Lipinski definition) is 6. The van der Waals surface area contributed by atoms with Crippen molar-refractivity contribution in [3.05, 3.63) is 24.3 Å². The Bertz CT molecular complexity index is 857. The first-order chi connectivity index (χ1) is 13.2. The summed E-state index contributed by atoms with van der Waals surface area (Å²) in [4.78, 5) is 26.7. The van der Waals surface area contributed by atoms with Crippen molar-refractivity contribution in [3.63, 3.8) is 0 Å². The molecule has 1 aromatic heterocycles. The molecule has 2 amide bonds. The van der Waals surface area contributed by atoms with Crippen LogP contribution in [0.15, 0.2) is 24.3 Å². The van der Waals surface area contributed by atoms with Gasteiger partial charge in [0.25, 0.3) is 0 Å². The van der Waals surface area contributed by atoms with Gasteiger partial charge in [-0.25, -0.2) is 9.48 Å². The Morgan fingerprint density at radius 2 is 2.07 bits per heavy atom. The van der Waals surface area contributed by atoms with E-state index in [1.165, 1.54) is 0 Å². The molecular formula is C19H26N6O3. The highest BCUT2D eigenvalue weighted by Crippen LogP contribution is 2.23. The number of anilines is 1. The highest BCUT2D eigenvalue weighted by Gasteiger charge is 2.31. The van der Waals surface area contributed by atoms with Crippen LogP contribution in [-0.2, 0) is 16.6 Å². The maximum absolute atomic E-state index is 12.8. The maximum atomic E-state index is 12.8. The van der Waals surface area contributed by atoms with E-state index < -0.39 is 5.60 Å². The zero-order chi connectivity index (χ0) is 20.3. The highest BCUT2D eigenvalue weighted by atomic mass is 16.6. The number of rotatable bonds is 3. The Morgan fingerprint density at radius 1 is 1.29 bits per heavy atom. The molecule has 0 spiro atoms. The molecule has 1 fully saturated rings. The summed E-state index contributed by atoms with van der Waals surface area (Å²) in [6.07, 6.45) is 1.13. The minimum absolute atomic E-state index is 0.110. The molecule has 9 heteroatoms. The number of aromatic nitrogens is 4. The first kappa shape index (κ1) is 19.8. The number of likely N-dealkylation sites (tertiary alicyclic amines) is 1. The average Bonchev–Trinajstić information content (AvgIpc) is 3.06. The van der Waals surface area contributed by atoms with Gasteiger partial charge in [-0.2, -0.15) is 0 Å². The van der Waals surface area contributed by atoms with Crippen molar-refractivity contribution >= 4 is 17.7 Å². The standard InChI is InChI=1S/C19H26N6O3/c1-19(2,3)28-18(27)25-10-6-8-14(12-25)17(26)20-15-9-5-7-13(11-15)16-21-22-23-24(16)4/h5,7,9,11,14H,6,8,10,12H2,1-4H3,(H,20,26)/t14-/m0/s1. The van der Waals surface area contributed by atoms with Crippen LogP contribution in [0.25, 0.3) is 11.4 Å². The summed E-state index contributed by atoms with van der Waals surface area (Å²) >= 11 is 0. The molecule has 0 bridgehead atoms. The van der Waals surface area contributed by atoms with Crippen LogP contribution in [0, 0.1) is 5.92 Å². The van der Waals surface area contributed by atoms with E-state index in [2.05, 4.69) is 20.8 Å². The SMILES string of the molecule is Cn1nnnc1-c1cccc(NC(=O)[C@H]2CCCN(C(=O)OC(C)(C)C)C2)c1. The Labute approximate surface area is 164 Å². The third kappa shape index (κ3) is 4.85. The molecule has 1 aromatic carbocycles. The average molecular weight is 386 g/mol. The lowest BCUT2D eigenvalue weighted by Gasteiger charge is -2.33. The Hall–Kier alpha value is -2.97. The zero-order valence-corrected chi connectivity index (χ0v) is 16.7. The number of aryl methyl sites for hydroxylation is 1. The van der Waals surface area contributed by atoms with Crippen LogP contribution in [-0.4, -0.2) is 55.8 Å². The molecule has 150 valence electrons. The minimum atomic E-state index is -0.554. The maximum Gasteiger partial charge on any atom is 0.410 e. The predicted octanol–water partition coefficient (Wildman–Crippen LogP) is 2.46. The van der Waals surface area contributed by atoms with Gasteiger partial charge in [-0.15, -0.1) is 5.10 Å². The van der Waals surface area contributed by atoms with E-state index in [1.54, 1.807) is 16.6 Å². The van der Waals surface area contributed by atoms with Gasteiger partial charge in [0.1, 0.15) is 5.60 Å². The third-order valence-corrected chi connectivity index (χ3v) is 4.45. The van der Waals surface area contributed by atoms with Crippen LogP contribution in [0.1, 0.15) is 33.6 Å². The number of hydrogen-bond donors (Lipinski definition) is 1. The van der Waals surface area contributed by atoms with E-state index in [9.17, 15) is 9.59 Å². The van der Waals surface area contributed by atoms with Gasteiger partial charge in [0.2, 0.25) is 5.91 Å². The molecule has 1 aliphatic heterocycles. The molecule has 1 aliphatic rings. The second-order valence-corrected chi connectivity index (χ2v) is 7.96. The summed E-state index contributed by atoms with van der Waals surface area (Å²) in [6.45, 7) is 6.46. The molecule has 28 heavy (non-hydrogen) atoms. The van der Waals surface area contributed by atoms with Crippen LogP contribution in [0.2, 0.25) is 0 Å². The van der Waals surface area contributed by atoms with Gasteiger partial charge < -0.3 is 15.0 Å². The fourth-order valence-electron chi connectivity index (χ4n) is 3.14. The molecule has 0 aliphatic carbocycles. The fourth-order valence-corrected chi connectivity index (χ4v) is 3.14. The first-order valence-electron chi connectivity index (χ1n) is 9.34. The number of carbonyl (C=O) groups excluding carboxylic acids is 2. The third-order valence-electron chi connectivity index (χ3n) is 4.45. The normalized spacial score (nSPS) is 17.3. The van der Waals surface area contributed by atoms with Gasteiger partial charge in [-0.05, 0) is 56.2 Å². The number of nitrogens with zero attached hydrogens (tertiary/aromatic N) is 5. The summed E-state index contributed by atoms with van der Waals surface area (Å²) in [5.41, 5.74) is 0.922. The molecule has 0 saturated carbocycles. The lowest BCUT2D eigenvalue weighted by atomic mass is 9.97. The molecule has 1 atom stereocenters. The molecule has 0 radical (unpaired) electrons. The molecule has 1 N–H and O–H groups in total. The van der Waals surface area contributed by atoms with E-state index in [4.69, 9.17) is 4.74 Å². The van der Waals surface area contributed by atoms with Gasteiger partial charge >= 0.3 is 6.09 Å². The summed E-state index contributed by atoms with van der Waals surface area (Å²) in [7, 11) is 1.76. The highest BCUT2D eigenvalue weighted by molar-refractivity contribution is 5.93. The number of carbonyl (C=O) groups is 2. The number of nitrogens with one attached hydrogen (secondary N) is 1. The van der Waals surface area contributed by atoms with Gasteiger partial charge in [-0.3, -0.25) is 4.79 Å². The van der Waals surface area contributed by atoms with E-state index in [0.717, 1.165) is 18.4 Å². The second kappa shape index (κ2) is 7.95. The Balaban J connectivity index is 1.65. The second-order valence-electron chi connectivity index (χ2n) is 7.96. The van der Waals surface area contributed by atoms with Crippen LogP contribution in [0.5, 0.6) is 0 Å². The summed E-state index contributed by atoms with van der Waals surface area (Å²) in [5.74, 6) is 0.229. The van der Waals surface area contributed by atoms with E-state index in [-0.39, 0.29) is 17.9 Å². The predicted molar refractivity (Wildman–Crippen MR) is 103 cm³/mol. The molecule has 0 unspecified atom stereocenters. The molecule has 3 rings (SSSR count). The summed E-state index contributed by atoms with van der Waals surface area (Å²) in [5, 5.41) is 14.4. The lowest BCUT2D eigenvalue weighted by Crippen LogP contribution is -2.45. The first-order valence-corrected chi connectivity index (χ1v) is 9.34. The van der Waals surface area contributed by atoms with Crippen LogP contribution >= 0.6 is 0 Å². The van der Waals surface area contributed by atoms with Crippen molar-refractivity contribution in [2.45, 2.75) is 39.2 Å². The van der Waals surface area contributed by atoms with E-state index in [0.29, 0.717) is 24.6 Å². The lowest BCUT2D eigenvalue weighted by molar-refractivity contribution is -0.121. The van der Waals surface area contributed by atoms with Crippen molar-refractivity contribution < 1.29 is 14.3 Å². The number of benzene rings is 1. The van der Waals surface area contributed by atoms with Crippen molar-refractivity contribution in [2.24, 2.45) is 13.0 Å². The molecule has 2 aromatic rings. The molecule has 9 nitrogen and oxygen atoms in total. The van der Waals surface area contributed by atoms with Gasteiger partial charge in [0, 0.05) is 31.4 Å². The van der Waals surface area contributed by atoms with E-state index >= 15 is 0 Å². The molecule has 2 heterocycles.